The van der Waals surface area contributed by atoms with E-state index >= 15 is 0 Å². The van der Waals surface area contributed by atoms with Gasteiger partial charge in [-0.25, -0.2) is 20.8 Å². The second-order valence-electron chi connectivity index (χ2n) is 8.48. The fraction of sp³-hybridized carbons (Fsp3) is 0.167. The first-order chi connectivity index (χ1) is 18.0. The maximum atomic E-state index is 13.2. The summed E-state index contributed by atoms with van der Waals surface area (Å²) in [7, 11) is 0. The average Bonchev–Trinajstić information content (AvgIpc) is 3.78. The van der Waals surface area contributed by atoms with Crippen LogP contribution >= 0.6 is 0 Å². The topological polar surface area (TPSA) is 113 Å². The van der Waals surface area contributed by atoms with Crippen LogP contribution in [0.1, 0.15) is 11.1 Å². The summed E-state index contributed by atoms with van der Waals surface area (Å²) >= 11 is 0. The predicted octanol–water partition coefficient (Wildman–Crippen LogP) is 6.22. The van der Waals surface area contributed by atoms with Crippen LogP contribution in [0.25, 0.3) is 11.0 Å². The predicted molar refractivity (Wildman–Crippen MR) is 119 cm³/mol. The highest BCUT2D eigenvalue weighted by atomic mass is 19.4. The van der Waals surface area contributed by atoms with Crippen molar-refractivity contribution in [2.24, 2.45) is 10.2 Å². The summed E-state index contributed by atoms with van der Waals surface area (Å²) < 4.78 is 90.6. The zero-order valence-corrected chi connectivity index (χ0v) is 18.8. The SMILES string of the molecule is FC(F)(F)C1(c2ccc(Oc3cnc4ccc(Oc5ccc(C6(C(F)(F)F)NN6)cc5)cc4n3)cc2)N=N1. The molecule has 194 valence electrons. The molecule has 0 saturated carbocycles. The molecule has 4 aromatic rings. The van der Waals surface area contributed by atoms with Crippen molar-refractivity contribution in [3.63, 3.8) is 0 Å². The van der Waals surface area contributed by atoms with E-state index in [1.54, 1.807) is 18.2 Å². The normalized spacial score (nSPS) is 17.3. The summed E-state index contributed by atoms with van der Waals surface area (Å²) in [5.41, 5.74) is 0.262. The first-order valence-electron chi connectivity index (χ1n) is 10.9. The Bertz CT molecular complexity index is 1450. The van der Waals surface area contributed by atoms with Crippen molar-refractivity contribution >= 4 is 11.0 Å². The number of hydrogen-bond donors (Lipinski definition) is 2. The standard InChI is InChI=1S/C24H14F6N6O2/c25-23(26,27)21(33-34-21)13-1-5-15(6-2-13)37-17-9-10-18-19(11-17)32-20(12-31-18)38-16-7-3-14(4-8-16)22(35-36-22)24(28,29)30/h1-12,33-34H. The molecule has 1 aromatic heterocycles. The number of aromatic nitrogens is 2. The third kappa shape index (κ3) is 4.07. The molecule has 38 heavy (non-hydrogen) atoms. The number of nitrogens with zero attached hydrogens (tertiary/aromatic N) is 4. The van der Waals surface area contributed by atoms with Gasteiger partial charge in [0.05, 0.1) is 17.2 Å². The van der Waals surface area contributed by atoms with Crippen LogP contribution in [0, 0.1) is 0 Å². The lowest BCUT2D eigenvalue weighted by Crippen LogP contribution is -2.34. The van der Waals surface area contributed by atoms with Gasteiger partial charge < -0.3 is 9.47 Å². The minimum absolute atomic E-state index is 0.00829. The van der Waals surface area contributed by atoms with Crippen LogP contribution in [0.5, 0.6) is 23.1 Å². The molecule has 0 spiro atoms. The fourth-order valence-electron chi connectivity index (χ4n) is 3.83. The molecule has 0 unspecified atom stereocenters. The molecule has 3 aromatic carbocycles. The van der Waals surface area contributed by atoms with Gasteiger partial charge in [-0.2, -0.15) is 26.3 Å². The molecule has 6 rings (SSSR count). The number of alkyl halides is 6. The van der Waals surface area contributed by atoms with E-state index in [1.807, 2.05) is 0 Å². The van der Waals surface area contributed by atoms with E-state index in [-0.39, 0.29) is 22.8 Å². The summed E-state index contributed by atoms with van der Waals surface area (Å²) in [6.07, 6.45) is -7.78. The maximum Gasteiger partial charge on any atom is 0.442 e. The highest BCUT2D eigenvalue weighted by Crippen LogP contribution is 2.52. The van der Waals surface area contributed by atoms with Crippen molar-refractivity contribution < 1.29 is 35.8 Å². The lowest BCUT2D eigenvalue weighted by molar-refractivity contribution is -0.166. The van der Waals surface area contributed by atoms with Crippen LogP contribution in [0.4, 0.5) is 26.3 Å². The van der Waals surface area contributed by atoms with E-state index in [2.05, 4.69) is 31.0 Å². The first-order valence-corrected chi connectivity index (χ1v) is 10.9. The molecule has 2 N–H and O–H groups in total. The Morgan fingerprint density at radius 2 is 1.21 bits per heavy atom. The van der Waals surface area contributed by atoms with E-state index in [0.717, 1.165) is 0 Å². The maximum absolute atomic E-state index is 13.2. The number of rotatable bonds is 6. The van der Waals surface area contributed by atoms with Gasteiger partial charge >= 0.3 is 18.0 Å². The van der Waals surface area contributed by atoms with Crippen LogP contribution in [0.2, 0.25) is 0 Å². The molecule has 2 aliphatic heterocycles. The summed E-state index contributed by atoms with van der Waals surface area (Å²) in [6.45, 7) is 0. The lowest BCUT2D eigenvalue weighted by Gasteiger charge is -2.16. The van der Waals surface area contributed by atoms with E-state index < -0.39 is 23.7 Å². The van der Waals surface area contributed by atoms with Gasteiger partial charge in [0.25, 0.3) is 0 Å². The van der Waals surface area contributed by atoms with Gasteiger partial charge in [0.1, 0.15) is 17.2 Å². The second kappa shape index (κ2) is 8.10. The molecule has 1 saturated heterocycles. The van der Waals surface area contributed by atoms with Crippen molar-refractivity contribution in [2.45, 2.75) is 23.7 Å². The molecule has 14 heteroatoms. The summed E-state index contributed by atoms with van der Waals surface area (Å²) in [4.78, 5) is 8.60. The number of nitrogens with one attached hydrogen (secondary N) is 2. The van der Waals surface area contributed by atoms with Gasteiger partial charge in [0, 0.05) is 11.6 Å². The molecule has 0 amide bonds. The average molecular weight is 532 g/mol. The smallest absolute Gasteiger partial charge is 0.442 e. The van der Waals surface area contributed by atoms with Crippen LogP contribution in [0.3, 0.4) is 0 Å². The monoisotopic (exact) mass is 532 g/mol. The molecule has 8 nitrogen and oxygen atoms in total. The summed E-state index contributed by atoms with van der Waals surface area (Å²) in [6, 6.07) is 15.4. The Morgan fingerprint density at radius 3 is 1.76 bits per heavy atom. The number of halogens is 6. The van der Waals surface area contributed by atoms with Crippen molar-refractivity contribution in [1.82, 2.24) is 20.8 Å². The largest absolute Gasteiger partial charge is 0.457 e. The molecule has 0 radical (unpaired) electrons. The molecule has 3 heterocycles. The van der Waals surface area contributed by atoms with Crippen molar-refractivity contribution in [3.05, 3.63) is 84.1 Å². The summed E-state index contributed by atoms with van der Waals surface area (Å²) in [5, 5.41) is 6.33. The first kappa shape index (κ1) is 24.1. The lowest BCUT2D eigenvalue weighted by atomic mass is 10.0. The van der Waals surface area contributed by atoms with Gasteiger partial charge in [0.15, 0.2) is 0 Å². The number of hydrazine groups is 1. The van der Waals surface area contributed by atoms with Gasteiger partial charge in [0.2, 0.25) is 11.5 Å². The Kier molecular flexibility index (Phi) is 5.13. The van der Waals surface area contributed by atoms with Crippen molar-refractivity contribution in [1.29, 1.82) is 0 Å². The van der Waals surface area contributed by atoms with Gasteiger partial charge in [-0.3, -0.25) is 0 Å². The van der Waals surface area contributed by atoms with Crippen molar-refractivity contribution in [2.75, 3.05) is 0 Å². The molecule has 0 bridgehead atoms. The Balaban J connectivity index is 1.17. The minimum atomic E-state index is -4.63. The zero-order chi connectivity index (χ0) is 26.8. The second-order valence-corrected chi connectivity index (χ2v) is 8.48. The third-order valence-electron chi connectivity index (χ3n) is 5.99. The van der Waals surface area contributed by atoms with E-state index in [1.165, 1.54) is 54.7 Å². The van der Waals surface area contributed by atoms with E-state index in [9.17, 15) is 26.3 Å². The quantitative estimate of drug-likeness (QED) is 0.225. The van der Waals surface area contributed by atoms with Crippen LogP contribution < -0.4 is 20.3 Å². The summed E-state index contributed by atoms with van der Waals surface area (Å²) in [5.74, 6) is 0.963. The molecular weight excluding hydrogens is 518 g/mol. The third-order valence-corrected chi connectivity index (χ3v) is 5.99. The Labute approximate surface area is 209 Å². The number of ether oxygens (including phenoxy) is 2. The van der Waals surface area contributed by atoms with Crippen LogP contribution in [0.15, 0.2) is 83.2 Å². The Hall–Kier alpha value is -4.30. The minimum Gasteiger partial charge on any atom is -0.457 e. The van der Waals surface area contributed by atoms with Gasteiger partial charge in [-0.15, -0.1) is 10.2 Å². The number of benzene rings is 3. The molecule has 0 aliphatic carbocycles. The highest BCUT2D eigenvalue weighted by Gasteiger charge is 2.66. The Morgan fingerprint density at radius 1 is 0.632 bits per heavy atom. The van der Waals surface area contributed by atoms with Gasteiger partial charge in [-0.05, 0) is 42.0 Å². The fourth-order valence-corrected chi connectivity index (χ4v) is 3.83. The van der Waals surface area contributed by atoms with E-state index in [0.29, 0.717) is 22.5 Å². The van der Waals surface area contributed by atoms with Crippen LogP contribution in [-0.4, -0.2) is 22.3 Å². The zero-order valence-electron chi connectivity index (χ0n) is 18.8. The number of fused-ring (bicyclic) bond motifs is 1. The highest BCUT2D eigenvalue weighted by molar-refractivity contribution is 5.76. The molecule has 0 atom stereocenters. The van der Waals surface area contributed by atoms with Crippen LogP contribution in [-0.2, 0) is 11.3 Å². The number of hydrogen-bond acceptors (Lipinski definition) is 8. The molecule has 2 aliphatic rings. The van der Waals surface area contributed by atoms with Crippen molar-refractivity contribution in [3.8, 4) is 23.1 Å². The molecular formula is C24H14F6N6O2. The van der Waals surface area contributed by atoms with Gasteiger partial charge in [-0.1, -0.05) is 24.3 Å². The molecule has 1 fully saturated rings. The van der Waals surface area contributed by atoms with E-state index in [4.69, 9.17) is 9.47 Å².